The first-order valence-electron chi connectivity index (χ1n) is 9.94. The quantitative estimate of drug-likeness (QED) is 0.299. The SMILES string of the molecule is O=C(NC[C@@]12C=C[C@H](O1)[C@@H]1C(=O)N(c3ccc([N+](=O)[O-])cc3)C(=O)[C@H]12)c1ccc(Cl)cc1Cl. The van der Waals surface area contributed by atoms with Gasteiger partial charge in [-0.15, -0.1) is 0 Å². The number of halogens is 2. The average molecular weight is 488 g/mol. The Bertz CT molecular complexity index is 1250. The third-order valence-electron chi connectivity index (χ3n) is 6.17. The van der Waals surface area contributed by atoms with E-state index in [0.717, 1.165) is 4.90 Å². The summed E-state index contributed by atoms with van der Waals surface area (Å²) in [5, 5.41) is 14.2. The summed E-state index contributed by atoms with van der Waals surface area (Å²) in [4.78, 5) is 50.5. The first-order valence-corrected chi connectivity index (χ1v) is 10.7. The number of fused-ring (bicyclic) bond motifs is 5. The number of non-ortho nitro benzene ring substituents is 1. The van der Waals surface area contributed by atoms with Crippen molar-refractivity contribution in [1.82, 2.24) is 5.32 Å². The van der Waals surface area contributed by atoms with Crippen LogP contribution in [0.4, 0.5) is 11.4 Å². The van der Waals surface area contributed by atoms with E-state index in [-0.39, 0.29) is 28.5 Å². The molecule has 0 radical (unpaired) electrons. The van der Waals surface area contributed by atoms with Crippen LogP contribution in [0, 0.1) is 22.0 Å². The van der Waals surface area contributed by atoms with Gasteiger partial charge in [-0.3, -0.25) is 24.5 Å². The predicted octanol–water partition coefficient (Wildman–Crippen LogP) is 3.14. The summed E-state index contributed by atoms with van der Waals surface area (Å²) in [7, 11) is 0. The monoisotopic (exact) mass is 487 g/mol. The third kappa shape index (κ3) is 3.31. The number of ether oxygens (including phenoxy) is 1. The van der Waals surface area contributed by atoms with E-state index >= 15 is 0 Å². The van der Waals surface area contributed by atoms with Crippen molar-refractivity contribution in [3.63, 3.8) is 0 Å². The summed E-state index contributed by atoms with van der Waals surface area (Å²) in [5.74, 6) is -2.98. The van der Waals surface area contributed by atoms with Crippen LogP contribution in [0.15, 0.2) is 54.6 Å². The van der Waals surface area contributed by atoms with Gasteiger partial charge >= 0.3 is 0 Å². The summed E-state index contributed by atoms with van der Waals surface area (Å²) >= 11 is 12.0. The maximum atomic E-state index is 13.3. The molecule has 3 amide bonds. The first-order chi connectivity index (χ1) is 15.7. The molecule has 168 valence electrons. The molecule has 0 saturated carbocycles. The standard InChI is InChI=1S/C22H15Cl2N3O6/c23-11-1-6-14(15(24)9-11)19(28)25-10-22-8-7-16(33-22)17-18(22)21(30)26(20(17)29)12-2-4-13(5-3-12)27(31)32/h1-9,16-18H,10H2,(H,25,28)/t16-,17-,18-,22+/m0/s1. The molecule has 3 aliphatic rings. The van der Waals surface area contributed by atoms with Crippen LogP contribution in [0.5, 0.6) is 0 Å². The molecule has 0 spiro atoms. The number of carbonyl (C=O) groups excluding carboxylic acids is 3. The van der Waals surface area contributed by atoms with Crippen LogP contribution in [-0.4, -0.2) is 40.9 Å². The Hall–Kier alpha value is -3.27. The fourth-order valence-corrected chi connectivity index (χ4v) is 5.17. The Morgan fingerprint density at radius 1 is 1.15 bits per heavy atom. The maximum absolute atomic E-state index is 13.3. The van der Waals surface area contributed by atoms with Gasteiger partial charge < -0.3 is 10.1 Å². The number of carbonyl (C=O) groups is 3. The zero-order valence-electron chi connectivity index (χ0n) is 16.7. The molecule has 0 unspecified atom stereocenters. The minimum absolute atomic E-state index is 0.0495. The van der Waals surface area contributed by atoms with Gasteiger partial charge in [-0.05, 0) is 30.3 Å². The van der Waals surface area contributed by atoms with Gasteiger partial charge in [-0.25, -0.2) is 4.90 Å². The zero-order chi connectivity index (χ0) is 23.5. The molecule has 9 nitrogen and oxygen atoms in total. The third-order valence-corrected chi connectivity index (χ3v) is 6.72. The van der Waals surface area contributed by atoms with Gasteiger partial charge in [0.2, 0.25) is 11.8 Å². The summed E-state index contributed by atoms with van der Waals surface area (Å²) in [6, 6.07) is 9.67. The lowest BCUT2D eigenvalue weighted by molar-refractivity contribution is -0.384. The molecular weight excluding hydrogens is 473 g/mol. The van der Waals surface area contributed by atoms with Gasteiger partial charge in [0.05, 0.1) is 45.7 Å². The lowest BCUT2D eigenvalue weighted by Crippen LogP contribution is -2.48. The Kier molecular flexibility index (Phi) is 5.00. The Morgan fingerprint density at radius 3 is 2.55 bits per heavy atom. The summed E-state index contributed by atoms with van der Waals surface area (Å²) in [5.41, 5.74) is -0.877. The summed E-state index contributed by atoms with van der Waals surface area (Å²) in [6.07, 6.45) is 2.81. The van der Waals surface area contributed by atoms with Gasteiger partial charge in [0.25, 0.3) is 11.6 Å². The van der Waals surface area contributed by atoms with Crippen molar-refractivity contribution < 1.29 is 24.0 Å². The number of hydrogen-bond acceptors (Lipinski definition) is 6. The highest BCUT2D eigenvalue weighted by atomic mass is 35.5. The maximum Gasteiger partial charge on any atom is 0.269 e. The fourth-order valence-electron chi connectivity index (χ4n) is 4.67. The van der Waals surface area contributed by atoms with Gasteiger partial charge in [0.1, 0.15) is 5.60 Å². The molecule has 3 heterocycles. The minimum Gasteiger partial charge on any atom is -0.360 e. The number of nitro groups is 1. The topological polar surface area (TPSA) is 119 Å². The molecule has 5 rings (SSSR count). The van der Waals surface area contributed by atoms with Crippen LogP contribution >= 0.6 is 23.2 Å². The van der Waals surface area contributed by atoms with Crippen LogP contribution in [0.1, 0.15) is 10.4 Å². The summed E-state index contributed by atoms with van der Waals surface area (Å²) < 4.78 is 6.00. The fraction of sp³-hybridized carbons (Fsp3) is 0.227. The highest BCUT2D eigenvalue weighted by Gasteiger charge is 2.67. The molecule has 3 aliphatic heterocycles. The van der Waals surface area contributed by atoms with Crippen molar-refractivity contribution in [1.29, 1.82) is 0 Å². The van der Waals surface area contributed by atoms with Gasteiger partial charge in [0.15, 0.2) is 0 Å². The van der Waals surface area contributed by atoms with E-state index in [4.69, 9.17) is 27.9 Å². The lowest BCUT2D eigenvalue weighted by Gasteiger charge is -2.29. The molecule has 33 heavy (non-hydrogen) atoms. The van der Waals surface area contributed by atoms with Gasteiger partial charge in [0, 0.05) is 17.2 Å². The van der Waals surface area contributed by atoms with Crippen molar-refractivity contribution in [3.8, 4) is 0 Å². The number of imide groups is 1. The molecule has 2 aromatic carbocycles. The highest BCUT2D eigenvalue weighted by Crippen LogP contribution is 2.52. The Morgan fingerprint density at radius 2 is 1.88 bits per heavy atom. The second kappa shape index (κ2) is 7.65. The van der Waals surface area contributed by atoms with Crippen molar-refractivity contribution >= 4 is 52.3 Å². The summed E-state index contributed by atoms with van der Waals surface area (Å²) in [6.45, 7) is -0.0495. The smallest absolute Gasteiger partial charge is 0.269 e. The number of nitrogens with zero attached hydrogens (tertiary/aromatic N) is 2. The molecule has 0 aromatic heterocycles. The average Bonchev–Trinajstić information content (AvgIpc) is 3.42. The van der Waals surface area contributed by atoms with E-state index in [1.54, 1.807) is 12.2 Å². The number of hydrogen-bond donors (Lipinski definition) is 1. The predicted molar refractivity (Wildman–Crippen MR) is 118 cm³/mol. The van der Waals surface area contributed by atoms with E-state index in [1.165, 1.54) is 42.5 Å². The number of rotatable bonds is 5. The minimum atomic E-state index is -1.19. The molecular formula is C22H15Cl2N3O6. The normalized spacial score (nSPS) is 27.2. The molecule has 4 atom stereocenters. The Labute approximate surface area is 197 Å². The molecule has 0 aliphatic carbocycles. The zero-order valence-corrected chi connectivity index (χ0v) is 18.2. The van der Waals surface area contributed by atoms with Gasteiger partial charge in [-0.2, -0.15) is 0 Å². The molecule has 2 bridgehead atoms. The van der Waals surface area contributed by atoms with Crippen LogP contribution in [-0.2, 0) is 14.3 Å². The van der Waals surface area contributed by atoms with Crippen molar-refractivity contribution in [2.75, 3.05) is 11.4 Å². The molecule has 11 heteroatoms. The number of anilines is 1. The number of amides is 3. The van der Waals surface area contributed by atoms with Crippen LogP contribution < -0.4 is 10.2 Å². The molecule has 2 saturated heterocycles. The van der Waals surface area contributed by atoms with Crippen LogP contribution in [0.25, 0.3) is 0 Å². The van der Waals surface area contributed by atoms with Crippen LogP contribution in [0.3, 0.4) is 0 Å². The first kappa shape index (κ1) is 21.6. The number of nitrogens with one attached hydrogen (secondary N) is 1. The second-order valence-electron chi connectivity index (χ2n) is 7.99. The largest absolute Gasteiger partial charge is 0.360 e. The molecule has 2 fully saturated rings. The number of nitro benzene ring substituents is 1. The van der Waals surface area contributed by atoms with E-state index in [1.807, 2.05) is 0 Å². The van der Waals surface area contributed by atoms with E-state index in [0.29, 0.717) is 5.02 Å². The van der Waals surface area contributed by atoms with Crippen molar-refractivity contribution in [2.45, 2.75) is 11.7 Å². The van der Waals surface area contributed by atoms with E-state index < -0.39 is 46.2 Å². The molecule has 2 aromatic rings. The molecule has 1 N–H and O–H groups in total. The second-order valence-corrected chi connectivity index (χ2v) is 8.84. The van der Waals surface area contributed by atoms with Gasteiger partial charge in [-0.1, -0.05) is 35.4 Å². The van der Waals surface area contributed by atoms with E-state index in [2.05, 4.69) is 5.32 Å². The number of benzene rings is 2. The highest BCUT2D eigenvalue weighted by molar-refractivity contribution is 6.36. The van der Waals surface area contributed by atoms with Crippen molar-refractivity contribution in [2.24, 2.45) is 11.8 Å². The van der Waals surface area contributed by atoms with Crippen molar-refractivity contribution in [3.05, 3.63) is 80.3 Å². The van der Waals surface area contributed by atoms with E-state index in [9.17, 15) is 24.5 Å². The Balaban J connectivity index is 1.39. The van der Waals surface area contributed by atoms with Crippen LogP contribution in [0.2, 0.25) is 10.0 Å². The lowest BCUT2D eigenvalue weighted by atomic mass is 9.77.